The normalized spacial score (nSPS) is 14.5. The molecule has 1 N–H and O–H groups in total. The molecule has 3 heteroatoms. The van der Waals surface area contributed by atoms with E-state index in [-0.39, 0.29) is 0 Å². The smallest absolute Gasteiger partial charge is 0.221 e. The van der Waals surface area contributed by atoms with Gasteiger partial charge >= 0.3 is 0 Å². The van der Waals surface area contributed by atoms with Gasteiger partial charge in [0, 0.05) is 18.0 Å². The van der Waals surface area contributed by atoms with E-state index in [2.05, 4.69) is 36.5 Å². The number of rotatable bonds is 8. The van der Waals surface area contributed by atoms with E-state index in [1.165, 1.54) is 31.1 Å². The summed E-state index contributed by atoms with van der Waals surface area (Å²) in [5.41, 5.74) is 1.08. The van der Waals surface area contributed by atoms with Crippen LogP contribution in [0, 0.1) is 0 Å². The first-order valence-corrected chi connectivity index (χ1v) is 8.11. The topological polar surface area (TPSA) is 34.1 Å². The molecule has 0 radical (unpaired) electrons. The SMILES string of the molecule is CCCCCOc1nc(CNC2CC2)cc2ccccc12. The number of fused-ring (bicyclic) bond motifs is 1. The van der Waals surface area contributed by atoms with Gasteiger partial charge in [-0.05, 0) is 36.8 Å². The number of benzene rings is 1. The standard InChI is InChI=1S/C18H24N2O/c1-2-3-6-11-21-18-17-8-5-4-7-14(17)12-16(20-18)13-19-15-9-10-15/h4-5,7-8,12,15,19H,2-3,6,9-11,13H2,1H3. The van der Waals surface area contributed by atoms with E-state index in [1.807, 2.05) is 6.07 Å². The minimum Gasteiger partial charge on any atom is -0.477 e. The molecule has 0 amide bonds. The molecule has 3 rings (SSSR count). The maximum absolute atomic E-state index is 5.95. The summed E-state index contributed by atoms with van der Waals surface area (Å²) in [6.07, 6.45) is 6.11. The second-order valence-electron chi connectivity index (χ2n) is 5.85. The van der Waals surface area contributed by atoms with E-state index in [1.54, 1.807) is 0 Å². The van der Waals surface area contributed by atoms with Gasteiger partial charge in [0.15, 0.2) is 0 Å². The van der Waals surface area contributed by atoms with Crippen molar-refractivity contribution < 1.29 is 4.74 Å². The first kappa shape index (κ1) is 14.3. The Morgan fingerprint density at radius 2 is 2.10 bits per heavy atom. The maximum atomic E-state index is 5.95. The molecule has 1 aliphatic carbocycles. The molecule has 1 aliphatic rings. The fourth-order valence-electron chi connectivity index (χ4n) is 2.48. The molecule has 2 aromatic rings. The number of ether oxygens (including phenoxy) is 1. The first-order chi connectivity index (χ1) is 10.4. The number of hydrogen-bond acceptors (Lipinski definition) is 3. The van der Waals surface area contributed by atoms with Crippen LogP contribution in [0.15, 0.2) is 30.3 Å². The predicted octanol–water partition coefficient (Wildman–Crippen LogP) is 4.06. The summed E-state index contributed by atoms with van der Waals surface area (Å²) < 4.78 is 5.95. The fourth-order valence-corrected chi connectivity index (χ4v) is 2.48. The third-order valence-electron chi connectivity index (χ3n) is 3.89. The molecule has 1 fully saturated rings. The van der Waals surface area contributed by atoms with Gasteiger partial charge in [-0.1, -0.05) is 38.0 Å². The second-order valence-corrected chi connectivity index (χ2v) is 5.85. The minimum absolute atomic E-state index is 0.701. The van der Waals surface area contributed by atoms with Crippen LogP contribution in [0.5, 0.6) is 5.88 Å². The Morgan fingerprint density at radius 1 is 1.24 bits per heavy atom. The summed E-state index contributed by atoms with van der Waals surface area (Å²) >= 11 is 0. The van der Waals surface area contributed by atoms with Crippen LogP contribution in [0.2, 0.25) is 0 Å². The number of pyridine rings is 1. The summed E-state index contributed by atoms with van der Waals surface area (Å²) in [5.74, 6) is 0.789. The van der Waals surface area contributed by atoms with Crippen LogP contribution in [0.25, 0.3) is 10.8 Å². The minimum atomic E-state index is 0.701. The third kappa shape index (κ3) is 3.94. The summed E-state index contributed by atoms with van der Waals surface area (Å²) in [6, 6.07) is 11.2. The van der Waals surface area contributed by atoms with Crippen molar-refractivity contribution in [2.45, 2.75) is 51.6 Å². The monoisotopic (exact) mass is 284 g/mol. The Morgan fingerprint density at radius 3 is 2.90 bits per heavy atom. The molecule has 1 aromatic carbocycles. The summed E-state index contributed by atoms with van der Waals surface area (Å²) in [4.78, 5) is 4.71. The number of hydrogen-bond donors (Lipinski definition) is 1. The van der Waals surface area contributed by atoms with Crippen molar-refractivity contribution in [2.24, 2.45) is 0 Å². The lowest BCUT2D eigenvalue weighted by Crippen LogP contribution is -2.16. The number of nitrogens with zero attached hydrogens (tertiary/aromatic N) is 1. The van der Waals surface area contributed by atoms with E-state index in [0.29, 0.717) is 6.04 Å². The van der Waals surface area contributed by atoms with Crippen molar-refractivity contribution in [1.82, 2.24) is 10.3 Å². The van der Waals surface area contributed by atoms with E-state index < -0.39 is 0 Å². The second kappa shape index (κ2) is 6.90. The molecule has 1 heterocycles. The predicted molar refractivity (Wildman–Crippen MR) is 86.6 cm³/mol. The Balaban J connectivity index is 1.76. The van der Waals surface area contributed by atoms with Crippen molar-refractivity contribution in [3.8, 4) is 5.88 Å². The summed E-state index contributed by atoms with van der Waals surface area (Å²) in [7, 11) is 0. The van der Waals surface area contributed by atoms with Crippen molar-refractivity contribution >= 4 is 10.8 Å². The number of aromatic nitrogens is 1. The Bertz CT molecular complexity index is 593. The van der Waals surface area contributed by atoms with Gasteiger partial charge in [-0.15, -0.1) is 0 Å². The molecule has 1 saturated carbocycles. The van der Waals surface area contributed by atoms with Gasteiger partial charge < -0.3 is 10.1 Å². The highest BCUT2D eigenvalue weighted by Crippen LogP contribution is 2.25. The molecule has 0 saturated heterocycles. The van der Waals surface area contributed by atoms with Crippen LogP contribution in [0.1, 0.15) is 44.7 Å². The molecule has 0 spiro atoms. The lowest BCUT2D eigenvalue weighted by molar-refractivity contribution is 0.298. The van der Waals surface area contributed by atoms with Gasteiger partial charge in [0.2, 0.25) is 5.88 Å². The van der Waals surface area contributed by atoms with Crippen molar-refractivity contribution in [3.63, 3.8) is 0 Å². The molecular formula is C18H24N2O. The highest BCUT2D eigenvalue weighted by atomic mass is 16.5. The van der Waals surface area contributed by atoms with E-state index in [4.69, 9.17) is 9.72 Å². The molecule has 21 heavy (non-hydrogen) atoms. The molecule has 3 nitrogen and oxygen atoms in total. The summed E-state index contributed by atoms with van der Waals surface area (Å²) in [6.45, 7) is 3.79. The van der Waals surface area contributed by atoms with Gasteiger partial charge in [-0.25, -0.2) is 4.98 Å². The molecule has 0 atom stereocenters. The lowest BCUT2D eigenvalue weighted by atomic mass is 10.1. The highest BCUT2D eigenvalue weighted by molar-refractivity contribution is 5.87. The molecule has 1 aromatic heterocycles. The van der Waals surface area contributed by atoms with Crippen LogP contribution >= 0.6 is 0 Å². The van der Waals surface area contributed by atoms with E-state index in [0.717, 1.165) is 36.5 Å². The zero-order valence-electron chi connectivity index (χ0n) is 12.8. The largest absolute Gasteiger partial charge is 0.477 e. The van der Waals surface area contributed by atoms with Crippen LogP contribution in [0.4, 0.5) is 0 Å². The van der Waals surface area contributed by atoms with Crippen LogP contribution in [-0.4, -0.2) is 17.6 Å². The van der Waals surface area contributed by atoms with E-state index in [9.17, 15) is 0 Å². The van der Waals surface area contributed by atoms with E-state index >= 15 is 0 Å². The van der Waals surface area contributed by atoms with Gasteiger partial charge in [-0.3, -0.25) is 0 Å². The van der Waals surface area contributed by atoms with Crippen molar-refractivity contribution in [3.05, 3.63) is 36.0 Å². The number of unbranched alkanes of at least 4 members (excludes halogenated alkanes) is 2. The Kier molecular flexibility index (Phi) is 4.71. The van der Waals surface area contributed by atoms with Crippen LogP contribution in [0.3, 0.4) is 0 Å². The average Bonchev–Trinajstić information content (AvgIpc) is 3.34. The lowest BCUT2D eigenvalue weighted by Gasteiger charge is -2.11. The zero-order chi connectivity index (χ0) is 14.5. The quantitative estimate of drug-likeness (QED) is 0.742. The number of nitrogens with one attached hydrogen (secondary N) is 1. The van der Waals surface area contributed by atoms with Crippen molar-refractivity contribution in [2.75, 3.05) is 6.61 Å². The van der Waals surface area contributed by atoms with Gasteiger partial charge in [0.1, 0.15) is 0 Å². The molecule has 112 valence electrons. The van der Waals surface area contributed by atoms with Gasteiger partial charge in [-0.2, -0.15) is 0 Å². The van der Waals surface area contributed by atoms with Gasteiger partial charge in [0.05, 0.1) is 12.3 Å². The van der Waals surface area contributed by atoms with Crippen LogP contribution in [-0.2, 0) is 6.54 Å². The van der Waals surface area contributed by atoms with Crippen molar-refractivity contribution in [1.29, 1.82) is 0 Å². The Labute approximate surface area is 126 Å². The fraction of sp³-hybridized carbons (Fsp3) is 0.500. The highest BCUT2D eigenvalue weighted by Gasteiger charge is 2.20. The molecular weight excluding hydrogens is 260 g/mol. The van der Waals surface area contributed by atoms with Crippen LogP contribution < -0.4 is 10.1 Å². The molecule has 0 bridgehead atoms. The molecule has 0 aliphatic heterocycles. The third-order valence-corrected chi connectivity index (χ3v) is 3.89. The maximum Gasteiger partial charge on any atom is 0.221 e. The molecule has 0 unspecified atom stereocenters. The zero-order valence-corrected chi connectivity index (χ0v) is 12.8. The average molecular weight is 284 g/mol. The first-order valence-electron chi connectivity index (χ1n) is 8.11. The Hall–Kier alpha value is -1.61. The van der Waals surface area contributed by atoms with Gasteiger partial charge in [0.25, 0.3) is 0 Å². The summed E-state index contributed by atoms with van der Waals surface area (Å²) in [5, 5.41) is 5.85.